The maximum atomic E-state index is 4.34. The Bertz CT molecular complexity index is 870. The van der Waals surface area contributed by atoms with Crippen LogP contribution in [0.2, 0.25) is 0 Å². The number of aryl methyl sites for hydroxylation is 1. The highest BCUT2D eigenvalue weighted by Gasteiger charge is 2.00. The van der Waals surface area contributed by atoms with Crippen molar-refractivity contribution in [1.82, 2.24) is 4.57 Å². The summed E-state index contributed by atoms with van der Waals surface area (Å²) in [4.78, 5) is 2.96. The number of benzene rings is 2. The molecule has 0 bridgehead atoms. The number of anilines is 1. The molecule has 112 valence electrons. The van der Waals surface area contributed by atoms with E-state index in [4.69, 9.17) is 0 Å². The number of hydrogen-bond donors (Lipinski definition) is 0. The fourth-order valence-corrected chi connectivity index (χ4v) is 3.16. The lowest BCUT2D eigenvalue weighted by molar-refractivity contribution is 0.889. The van der Waals surface area contributed by atoms with Crippen molar-refractivity contribution in [2.45, 2.75) is 0 Å². The third-order valence-electron chi connectivity index (χ3n) is 3.47. The topological polar surface area (TPSA) is 32.9 Å². The number of aromatic nitrogens is 1. The van der Waals surface area contributed by atoms with Crippen LogP contribution in [0.3, 0.4) is 0 Å². The van der Waals surface area contributed by atoms with Crippen LogP contribution < -0.4 is 9.70 Å². The Labute approximate surface area is 133 Å². The molecule has 1 aromatic heterocycles. The highest BCUT2D eigenvalue weighted by molar-refractivity contribution is 7.16. The van der Waals surface area contributed by atoms with Gasteiger partial charge in [0.05, 0.1) is 16.4 Å². The van der Waals surface area contributed by atoms with Gasteiger partial charge in [-0.3, -0.25) is 0 Å². The van der Waals surface area contributed by atoms with Gasteiger partial charge in [-0.1, -0.05) is 35.6 Å². The number of fused-ring (bicyclic) bond motifs is 1. The molecule has 3 aromatic rings. The number of nitrogens with zero attached hydrogens (tertiary/aromatic N) is 4. The second kappa shape index (κ2) is 6.15. The first-order valence-corrected chi connectivity index (χ1v) is 7.86. The Hall–Kier alpha value is -2.40. The third kappa shape index (κ3) is 2.94. The normalized spacial score (nSPS) is 12.4. The molecule has 0 saturated heterocycles. The van der Waals surface area contributed by atoms with E-state index in [0.29, 0.717) is 0 Å². The van der Waals surface area contributed by atoms with Crippen molar-refractivity contribution in [2.24, 2.45) is 17.3 Å². The van der Waals surface area contributed by atoms with Crippen molar-refractivity contribution in [3.8, 4) is 0 Å². The number of thiazole rings is 1. The second-order valence-corrected chi connectivity index (χ2v) is 6.25. The van der Waals surface area contributed by atoms with E-state index >= 15 is 0 Å². The van der Waals surface area contributed by atoms with Crippen molar-refractivity contribution in [1.29, 1.82) is 0 Å². The summed E-state index contributed by atoms with van der Waals surface area (Å²) in [5.74, 6) is 0. The van der Waals surface area contributed by atoms with Gasteiger partial charge in [0.2, 0.25) is 4.80 Å². The molecule has 0 aliphatic rings. The molecule has 2 aromatic carbocycles. The van der Waals surface area contributed by atoms with Crippen molar-refractivity contribution >= 4 is 33.5 Å². The van der Waals surface area contributed by atoms with Crippen LogP contribution in [0.25, 0.3) is 10.2 Å². The van der Waals surface area contributed by atoms with Crippen LogP contribution in [0.5, 0.6) is 0 Å². The van der Waals surface area contributed by atoms with Crippen molar-refractivity contribution < 1.29 is 0 Å². The quantitative estimate of drug-likeness (QED) is 0.540. The number of para-hydroxylation sites is 1. The van der Waals surface area contributed by atoms with E-state index in [2.05, 4.69) is 43.9 Å². The monoisotopic (exact) mass is 310 g/mol. The fraction of sp³-hybridized carbons (Fsp3) is 0.176. The minimum atomic E-state index is 0.891. The summed E-state index contributed by atoms with van der Waals surface area (Å²) >= 11 is 1.64. The van der Waals surface area contributed by atoms with Gasteiger partial charge in [-0.15, -0.1) is 5.10 Å². The van der Waals surface area contributed by atoms with Crippen LogP contribution in [0.15, 0.2) is 58.7 Å². The van der Waals surface area contributed by atoms with Crippen LogP contribution in [0, 0.1) is 0 Å². The van der Waals surface area contributed by atoms with Gasteiger partial charge in [0, 0.05) is 26.8 Å². The maximum Gasteiger partial charge on any atom is 0.211 e. The molecule has 0 radical (unpaired) electrons. The van der Waals surface area contributed by atoms with Crippen LogP contribution in [-0.2, 0) is 7.05 Å². The molecule has 5 heteroatoms. The lowest BCUT2D eigenvalue weighted by atomic mass is 10.2. The zero-order chi connectivity index (χ0) is 15.5. The Morgan fingerprint density at radius 1 is 1.05 bits per heavy atom. The van der Waals surface area contributed by atoms with Gasteiger partial charge in [0.1, 0.15) is 0 Å². The largest absolute Gasteiger partial charge is 0.378 e. The lowest BCUT2D eigenvalue weighted by Gasteiger charge is -2.11. The first-order chi connectivity index (χ1) is 10.6. The van der Waals surface area contributed by atoms with Gasteiger partial charge >= 0.3 is 0 Å². The molecule has 1 heterocycles. The summed E-state index contributed by atoms with van der Waals surface area (Å²) in [5.41, 5.74) is 3.39. The summed E-state index contributed by atoms with van der Waals surface area (Å²) in [6.45, 7) is 0. The maximum absolute atomic E-state index is 4.34. The fourth-order valence-electron chi connectivity index (χ4n) is 2.18. The average Bonchev–Trinajstić information content (AvgIpc) is 2.85. The summed E-state index contributed by atoms with van der Waals surface area (Å²) in [6, 6.07) is 16.5. The third-order valence-corrected chi connectivity index (χ3v) is 4.58. The van der Waals surface area contributed by atoms with Crippen molar-refractivity contribution in [3.05, 3.63) is 58.9 Å². The molecule has 0 aliphatic heterocycles. The molecule has 4 nitrogen and oxygen atoms in total. The smallest absolute Gasteiger partial charge is 0.211 e. The van der Waals surface area contributed by atoms with E-state index in [1.807, 2.05) is 45.4 Å². The molecule has 0 atom stereocenters. The molecule has 0 spiro atoms. The first kappa shape index (κ1) is 14.5. The Morgan fingerprint density at radius 2 is 1.77 bits per heavy atom. The first-order valence-electron chi connectivity index (χ1n) is 7.04. The van der Waals surface area contributed by atoms with Gasteiger partial charge in [0.15, 0.2) is 0 Å². The molecular weight excluding hydrogens is 292 g/mol. The molecule has 0 unspecified atom stereocenters. The van der Waals surface area contributed by atoms with E-state index < -0.39 is 0 Å². The summed E-state index contributed by atoms with van der Waals surface area (Å²) in [7, 11) is 6.07. The highest BCUT2D eigenvalue weighted by Crippen LogP contribution is 2.15. The summed E-state index contributed by atoms with van der Waals surface area (Å²) < 4.78 is 3.28. The van der Waals surface area contributed by atoms with E-state index in [1.165, 1.54) is 15.9 Å². The highest BCUT2D eigenvalue weighted by atomic mass is 32.1. The Morgan fingerprint density at radius 3 is 2.45 bits per heavy atom. The van der Waals surface area contributed by atoms with Gasteiger partial charge in [-0.2, -0.15) is 5.10 Å². The molecular formula is C17H18N4S. The minimum Gasteiger partial charge on any atom is -0.378 e. The van der Waals surface area contributed by atoms with E-state index in [-0.39, 0.29) is 0 Å². The second-order valence-electron chi connectivity index (χ2n) is 5.24. The summed E-state index contributed by atoms with van der Waals surface area (Å²) in [5, 5.41) is 8.55. The predicted molar refractivity (Wildman–Crippen MR) is 94.7 cm³/mol. The number of hydrogen-bond acceptors (Lipinski definition) is 4. The molecule has 0 saturated carbocycles. The lowest BCUT2D eigenvalue weighted by Crippen LogP contribution is -2.09. The SMILES string of the molecule is CN(C)c1ccc(/C=N\N=c2\sc3ccccc3n2C)cc1. The van der Waals surface area contributed by atoms with Gasteiger partial charge in [-0.25, -0.2) is 0 Å². The predicted octanol–water partition coefficient (Wildman–Crippen LogP) is 3.24. The molecule has 0 fully saturated rings. The molecule has 0 aliphatic carbocycles. The van der Waals surface area contributed by atoms with Crippen LogP contribution in [0.4, 0.5) is 5.69 Å². The molecule has 22 heavy (non-hydrogen) atoms. The van der Waals surface area contributed by atoms with E-state index in [0.717, 1.165) is 10.4 Å². The van der Waals surface area contributed by atoms with Crippen molar-refractivity contribution in [3.63, 3.8) is 0 Å². The minimum absolute atomic E-state index is 0.891. The van der Waals surface area contributed by atoms with Gasteiger partial charge in [-0.05, 0) is 29.8 Å². The van der Waals surface area contributed by atoms with Crippen molar-refractivity contribution in [2.75, 3.05) is 19.0 Å². The Balaban J connectivity index is 1.87. The summed E-state index contributed by atoms with van der Waals surface area (Å²) in [6.07, 6.45) is 1.78. The number of rotatable bonds is 3. The van der Waals surface area contributed by atoms with E-state index in [1.54, 1.807) is 17.6 Å². The molecule has 0 N–H and O–H groups in total. The molecule has 0 amide bonds. The van der Waals surface area contributed by atoms with Crippen LogP contribution in [0.1, 0.15) is 5.56 Å². The Kier molecular flexibility index (Phi) is 4.06. The zero-order valence-corrected chi connectivity index (χ0v) is 13.7. The van der Waals surface area contributed by atoms with Gasteiger partial charge in [0.25, 0.3) is 0 Å². The standard InChI is InChI=1S/C17H18N4S/c1-20(2)14-10-8-13(9-11-14)12-18-19-17-21(3)15-6-4-5-7-16(15)22-17/h4-12H,1-3H3/b18-12-,19-17+. The van der Waals surface area contributed by atoms with Crippen LogP contribution >= 0.6 is 11.3 Å². The molecule has 3 rings (SSSR count). The van der Waals surface area contributed by atoms with E-state index in [9.17, 15) is 0 Å². The van der Waals surface area contributed by atoms with Crippen LogP contribution in [-0.4, -0.2) is 24.9 Å². The van der Waals surface area contributed by atoms with Gasteiger partial charge < -0.3 is 9.47 Å². The average molecular weight is 310 g/mol. The zero-order valence-electron chi connectivity index (χ0n) is 12.9.